The van der Waals surface area contributed by atoms with E-state index in [1.165, 1.54) is 12.1 Å². The van der Waals surface area contributed by atoms with Crippen molar-refractivity contribution in [2.75, 3.05) is 25.0 Å². The zero-order valence-corrected chi connectivity index (χ0v) is 29.5. The van der Waals surface area contributed by atoms with Crippen molar-refractivity contribution < 1.29 is 28.3 Å². The van der Waals surface area contributed by atoms with Gasteiger partial charge in [0.15, 0.2) is 5.96 Å². The topological polar surface area (TPSA) is 272 Å². The second kappa shape index (κ2) is 21.7. The Hall–Kier alpha value is -5.48. The lowest BCUT2D eigenvalue weighted by atomic mass is 10.0. The average Bonchev–Trinajstić information content (AvgIpc) is 3.11. The molecule has 3 aromatic rings. The van der Waals surface area contributed by atoms with Crippen LogP contribution < -0.4 is 49.8 Å². The Balaban J connectivity index is 1.77. The third-order valence-electron chi connectivity index (χ3n) is 8.15. The normalized spacial score (nSPS) is 12.6. The fourth-order valence-corrected chi connectivity index (χ4v) is 5.38. The van der Waals surface area contributed by atoms with Crippen LogP contribution in [0.5, 0.6) is 0 Å². The summed E-state index contributed by atoms with van der Waals surface area (Å²) in [5, 5.41) is 11.6. The molecule has 1 aromatic heterocycles. The molecule has 0 bridgehead atoms. The average molecular weight is 722 g/mol. The molecule has 0 aliphatic rings. The summed E-state index contributed by atoms with van der Waals surface area (Å²) in [4.78, 5) is 69.7. The number of nitrogens with one attached hydrogen (secondary N) is 4. The quantitative estimate of drug-likeness (QED) is 0.0339. The highest BCUT2D eigenvalue weighted by Crippen LogP contribution is 2.21. The van der Waals surface area contributed by atoms with E-state index in [0.717, 1.165) is 11.1 Å². The van der Waals surface area contributed by atoms with E-state index in [4.69, 9.17) is 32.1 Å². The van der Waals surface area contributed by atoms with Crippen molar-refractivity contribution in [3.05, 3.63) is 76.1 Å². The van der Waals surface area contributed by atoms with Gasteiger partial charge in [-0.15, -0.1) is 0 Å². The van der Waals surface area contributed by atoms with Gasteiger partial charge in [0.2, 0.25) is 17.7 Å². The molecular formula is C36H51N9O7. The summed E-state index contributed by atoms with van der Waals surface area (Å²) in [5.74, 6) is -1.87. The number of nitrogens with zero attached hydrogens (tertiary/aromatic N) is 1. The molecule has 0 radical (unpaired) electrons. The Morgan fingerprint density at radius 1 is 0.769 bits per heavy atom. The first-order valence-corrected chi connectivity index (χ1v) is 17.4. The molecule has 0 fully saturated rings. The smallest absolute Gasteiger partial charge is 0.408 e. The van der Waals surface area contributed by atoms with Crippen LogP contribution in [0.1, 0.15) is 62.5 Å². The summed E-state index contributed by atoms with van der Waals surface area (Å²) < 4.78 is 10.6. The highest BCUT2D eigenvalue weighted by Gasteiger charge is 2.30. The fraction of sp³-hybridized carbons (Fsp3) is 0.444. The summed E-state index contributed by atoms with van der Waals surface area (Å²) in [6, 6.07) is 12.2. The second-order valence-electron chi connectivity index (χ2n) is 12.3. The lowest BCUT2D eigenvalue weighted by Gasteiger charge is -2.25. The van der Waals surface area contributed by atoms with Crippen LogP contribution in [0.2, 0.25) is 0 Å². The first kappa shape index (κ1) is 40.9. The maximum Gasteiger partial charge on any atom is 0.408 e. The van der Waals surface area contributed by atoms with E-state index >= 15 is 0 Å². The van der Waals surface area contributed by atoms with E-state index in [1.807, 2.05) is 18.2 Å². The van der Waals surface area contributed by atoms with Crippen LogP contribution in [0.15, 0.2) is 68.8 Å². The number of fused-ring (bicyclic) bond motifs is 1. The predicted molar refractivity (Wildman–Crippen MR) is 199 cm³/mol. The van der Waals surface area contributed by atoms with Gasteiger partial charge in [-0.1, -0.05) is 30.3 Å². The van der Waals surface area contributed by atoms with Gasteiger partial charge in [-0.3, -0.25) is 19.4 Å². The number of guanidine groups is 1. The first-order chi connectivity index (χ1) is 25.0. The zero-order chi connectivity index (χ0) is 37.9. The van der Waals surface area contributed by atoms with Crippen molar-refractivity contribution in [1.82, 2.24) is 16.0 Å². The molecule has 52 heavy (non-hydrogen) atoms. The lowest BCUT2D eigenvalue weighted by Crippen LogP contribution is -2.56. The molecule has 16 heteroatoms. The van der Waals surface area contributed by atoms with Gasteiger partial charge in [0, 0.05) is 29.8 Å². The number of aryl methyl sites for hydroxylation is 1. The number of alkyl carbamates (subject to hydrolysis) is 1. The van der Waals surface area contributed by atoms with Crippen molar-refractivity contribution in [3.63, 3.8) is 0 Å². The molecule has 3 rings (SSSR count). The molecule has 0 saturated carbocycles. The van der Waals surface area contributed by atoms with E-state index in [2.05, 4.69) is 26.3 Å². The van der Waals surface area contributed by atoms with Crippen LogP contribution in [0.25, 0.3) is 11.0 Å². The van der Waals surface area contributed by atoms with Crippen molar-refractivity contribution >= 4 is 46.4 Å². The molecule has 0 unspecified atom stereocenters. The van der Waals surface area contributed by atoms with Crippen LogP contribution in [0.4, 0.5) is 10.5 Å². The van der Waals surface area contributed by atoms with E-state index in [-0.39, 0.29) is 44.0 Å². The van der Waals surface area contributed by atoms with E-state index < -0.39 is 47.6 Å². The van der Waals surface area contributed by atoms with E-state index in [1.54, 1.807) is 31.2 Å². The molecule has 0 aliphatic carbocycles. The van der Waals surface area contributed by atoms with Gasteiger partial charge in [0.05, 0.1) is 0 Å². The Morgan fingerprint density at radius 2 is 1.37 bits per heavy atom. The minimum atomic E-state index is -1.07. The molecule has 0 aliphatic heterocycles. The molecule has 4 amide bonds. The van der Waals surface area contributed by atoms with Gasteiger partial charge in [-0.25, -0.2) is 9.59 Å². The molecule has 282 valence electrons. The van der Waals surface area contributed by atoms with Crippen LogP contribution in [-0.4, -0.2) is 67.5 Å². The van der Waals surface area contributed by atoms with Crippen molar-refractivity contribution in [2.45, 2.75) is 83.0 Å². The summed E-state index contributed by atoms with van der Waals surface area (Å²) in [5.41, 5.74) is 23.9. The number of rotatable bonds is 21. The van der Waals surface area contributed by atoms with Gasteiger partial charge in [-0.05, 0) is 94.6 Å². The van der Waals surface area contributed by atoms with Crippen LogP contribution in [-0.2, 0) is 25.7 Å². The highest BCUT2D eigenvalue weighted by molar-refractivity contribution is 6.00. The summed E-state index contributed by atoms with van der Waals surface area (Å²) in [6.45, 7) is 2.76. The van der Waals surface area contributed by atoms with Crippen molar-refractivity contribution in [3.8, 4) is 0 Å². The maximum absolute atomic E-state index is 13.8. The zero-order valence-electron chi connectivity index (χ0n) is 29.5. The molecule has 16 nitrogen and oxygen atoms in total. The van der Waals surface area contributed by atoms with Crippen LogP contribution in [0, 0.1) is 6.92 Å². The predicted octanol–water partition coefficient (Wildman–Crippen LogP) is 1.62. The standard InChI is InChI=1S/C36H51N9O7/c1-23-20-31(46)52-30-21-25(15-16-26(23)30)42-32(47)28(14-9-19-41-35(39)40)44-33(48)27(12-5-7-17-37)43-34(49)29(13-6-8-18-38)45-36(50)51-22-24-10-3-2-4-11-24/h2-4,10-11,15-16,20-21,27-29H,5-9,12-14,17-19,22,37-38H2,1H3,(H,42,47)(H,43,49)(H,44,48)(H,45,50)(H4,39,40,41)/t27-,28-,29-/m0/s1. The number of nitrogens with two attached hydrogens (primary N) is 4. The van der Waals surface area contributed by atoms with Gasteiger partial charge in [-0.2, -0.15) is 0 Å². The monoisotopic (exact) mass is 721 g/mol. The molecule has 0 spiro atoms. The number of unbranched alkanes of at least 4 members (excludes halogenated alkanes) is 2. The first-order valence-electron chi connectivity index (χ1n) is 17.4. The summed E-state index contributed by atoms with van der Waals surface area (Å²) in [6.07, 6.45) is 2.40. The second-order valence-corrected chi connectivity index (χ2v) is 12.3. The number of aliphatic imine (C=N–C) groups is 1. The third-order valence-corrected chi connectivity index (χ3v) is 8.15. The number of amides is 4. The molecule has 1 heterocycles. The highest BCUT2D eigenvalue weighted by atomic mass is 16.5. The minimum absolute atomic E-state index is 0.00780. The SMILES string of the molecule is Cc1cc(=O)oc2cc(NC(=O)[C@H](CCCN=C(N)N)NC(=O)[C@H](CCCCN)NC(=O)[C@H](CCCCN)NC(=O)OCc3ccccc3)ccc12. The van der Waals surface area contributed by atoms with E-state index in [9.17, 15) is 24.0 Å². The number of ether oxygens (including phenoxy) is 1. The Kier molecular flexibility index (Phi) is 17.1. The number of hydrogen-bond acceptors (Lipinski definition) is 10. The molecule has 3 atom stereocenters. The van der Waals surface area contributed by atoms with E-state index in [0.29, 0.717) is 56.3 Å². The number of anilines is 1. The molecule has 2 aromatic carbocycles. The number of carbonyl (C=O) groups is 4. The molecule has 0 saturated heterocycles. The van der Waals surface area contributed by atoms with Crippen molar-refractivity contribution in [2.24, 2.45) is 27.9 Å². The van der Waals surface area contributed by atoms with Gasteiger partial charge in [0.1, 0.15) is 30.3 Å². The third kappa shape index (κ3) is 14.0. The Labute approximate surface area is 302 Å². The summed E-state index contributed by atoms with van der Waals surface area (Å²) >= 11 is 0. The summed E-state index contributed by atoms with van der Waals surface area (Å²) in [7, 11) is 0. The lowest BCUT2D eigenvalue weighted by molar-refractivity contribution is -0.132. The van der Waals surface area contributed by atoms with Gasteiger partial charge in [0.25, 0.3) is 0 Å². The Morgan fingerprint density at radius 3 is 1.98 bits per heavy atom. The maximum atomic E-state index is 13.8. The Bertz CT molecular complexity index is 1710. The van der Waals surface area contributed by atoms with Crippen LogP contribution >= 0.6 is 0 Å². The largest absolute Gasteiger partial charge is 0.445 e. The molecular weight excluding hydrogens is 670 g/mol. The number of benzene rings is 2. The van der Waals surface area contributed by atoms with Gasteiger partial charge < -0.3 is 53.4 Å². The van der Waals surface area contributed by atoms with Gasteiger partial charge >= 0.3 is 11.7 Å². The molecule has 12 N–H and O–H groups in total. The number of hydrogen-bond donors (Lipinski definition) is 8. The number of carbonyl (C=O) groups excluding carboxylic acids is 4. The minimum Gasteiger partial charge on any atom is -0.445 e. The van der Waals surface area contributed by atoms with Crippen LogP contribution in [0.3, 0.4) is 0 Å². The fourth-order valence-electron chi connectivity index (χ4n) is 5.38. The van der Waals surface area contributed by atoms with Crippen molar-refractivity contribution in [1.29, 1.82) is 0 Å².